The molecule has 1 aliphatic heterocycles. The van der Waals surface area contributed by atoms with Gasteiger partial charge in [-0.15, -0.1) is 11.3 Å². The number of esters is 1. The van der Waals surface area contributed by atoms with Crippen LogP contribution in [0.15, 0.2) is 40.4 Å². The number of hydrogen-bond acceptors (Lipinski definition) is 6. The second-order valence-corrected chi connectivity index (χ2v) is 7.37. The van der Waals surface area contributed by atoms with E-state index in [1.807, 2.05) is 44.2 Å². The molecule has 0 fully saturated rings. The minimum Gasteiger partial charge on any atom is -0.462 e. The molecule has 27 heavy (non-hydrogen) atoms. The van der Waals surface area contributed by atoms with Crippen molar-refractivity contribution in [2.24, 2.45) is 16.0 Å². The van der Waals surface area contributed by atoms with Gasteiger partial charge in [-0.2, -0.15) is 10.1 Å². The summed E-state index contributed by atoms with van der Waals surface area (Å²) in [4.78, 5) is 30.5. The average molecular weight is 383 g/mol. The van der Waals surface area contributed by atoms with Crippen molar-refractivity contribution in [2.75, 3.05) is 11.6 Å². The predicted molar refractivity (Wildman–Crippen MR) is 108 cm³/mol. The van der Waals surface area contributed by atoms with Crippen LogP contribution in [0.25, 0.3) is 0 Å². The Balaban J connectivity index is 1.87. The maximum atomic E-state index is 12.8. The van der Waals surface area contributed by atoms with Crippen molar-refractivity contribution in [3.63, 3.8) is 0 Å². The minimum absolute atomic E-state index is 0.162. The van der Waals surface area contributed by atoms with Gasteiger partial charge in [0.25, 0.3) is 5.91 Å². The number of benzene rings is 1. The third-order valence-electron chi connectivity index (χ3n) is 4.37. The molecule has 3 rings (SSSR count). The molecule has 0 saturated heterocycles. The number of rotatable bonds is 5. The van der Waals surface area contributed by atoms with Crippen molar-refractivity contribution in [3.8, 4) is 0 Å². The zero-order valence-electron chi connectivity index (χ0n) is 15.7. The lowest BCUT2D eigenvalue weighted by atomic mass is 10.1. The van der Waals surface area contributed by atoms with E-state index >= 15 is 0 Å². The van der Waals surface area contributed by atoms with Crippen LogP contribution >= 0.6 is 11.3 Å². The van der Waals surface area contributed by atoms with Crippen LogP contribution in [0.1, 0.15) is 34.6 Å². The quantitative estimate of drug-likeness (QED) is 0.571. The smallest absolute Gasteiger partial charge is 0.341 e. The van der Waals surface area contributed by atoms with Crippen molar-refractivity contribution < 1.29 is 14.3 Å². The van der Waals surface area contributed by atoms with E-state index in [0.29, 0.717) is 28.6 Å². The Morgan fingerprint density at radius 3 is 2.67 bits per heavy atom. The first kappa shape index (κ1) is 19.0. The highest BCUT2D eigenvalue weighted by Gasteiger charge is 2.33. The van der Waals surface area contributed by atoms with Gasteiger partial charge in [0.1, 0.15) is 10.9 Å². The number of aryl methyl sites for hydroxylation is 1. The number of thiophene rings is 1. The summed E-state index contributed by atoms with van der Waals surface area (Å²) in [6, 6.07) is 9.27. The van der Waals surface area contributed by atoms with Gasteiger partial charge in [0.2, 0.25) is 0 Å². The number of carbonyl (C=O) groups is 2. The van der Waals surface area contributed by atoms with Gasteiger partial charge >= 0.3 is 5.97 Å². The summed E-state index contributed by atoms with van der Waals surface area (Å²) >= 11 is 1.41. The van der Waals surface area contributed by atoms with Crippen LogP contribution < -0.4 is 5.01 Å². The van der Waals surface area contributed by atoms with Gasteiger partial charge in [-0.25, -0.2) is 9.79 Å². The van der Waals surface area contributed by atoms with Crippen LogP contribution in [0.5, 0.6) is 0 Å². The Morgan fingerprint density at radius 1 is 1.30 bits per heavy atom. The van der Waals surface area contributed by atoms with Gasteiger partial charge < -0.3 is 4.74 Å². The highest BCUT2D eigenvalue weighted by molar-refractivity contribution is 7.16. The molecule has 1 unspecified atom stereocenters. The molecular formula is C20H21N3O3S. The van der Waals surface area contributed by atoms with E-state index in [9.17, 15) is 9.59 Å². The van der Waals surface area contributed by atoms with Crippen LogP contribution in [-0.4, -0.2) is 30.4 Å². The molecule has 0 spiro atoms. The van der Waals surface area contributed by atoms with Crippen LogP contribution in [0.2, 0.25) is 0 Å². The molecule has 1 amide bonds. The van der Waals surface area contributed by atoms with Gasteiger partial charge in [0, 0.05) is 11.1 Å². The summed E-state index contributed by atoms with van der Waals surface area (Å²) < 4.78 is 5.15. The summed E-state index contributed by atoms with van der Waals surface area (Å²) in [5.74, 6) is -1.10. The van der Waals surface area contributed by atoms with Crippen molar-refractivity contribution in [1.82, 2.24) is 0 Å². The number of aliphatic imine (C=N–C) groups is 1. The third kappa shape index (κ3) is 3.68. The van der Waals surface area contributed by atoms with Gasteiger partial charge in [0.15, 0.2) is 0 Å². The molecule has 0 radical (unpaired) electrons. The van der Waals surface area contributed by atoms with Crippen LogP contribution in [0.3, 0.4) is 0 Å². The number of amides is 1. The zero-order chi connectivity index (χ0) is 19.6. The van der Waals surface area contributed by atoms with E-state index in [0.717, 1.165) is 10.4 Å². The molecule has 140 valence electrons. The summed E-state index contributed by atoms with van der Waals surface area (Å²) in [6.07, 6.45) is 1.57. The van der Waals surface area contributed by atoms with E-state index in [1.165, 1.54) is 16.3 Å². The molecule has 0 aliphatic carbocycles. The van der Waals surface area contributed by atoms with Crippen LogP contribution in [0, 0.1) is 19.8 Å². The van der Waals surface area contributed by atoms with E-state index in [4.69, 9.17) is 4.74 Å². The summed E-state index contributed by atoms with van der Waals surface area (Å²) in [7, 11) is 0. The zero-order valence-corrected chi connectivity index (χ0v) is 16.5. The number of anilines is 1. The maximum absolute atomic E-state index is 12.8. The number of carbonyl (C=O) groups excluding carboxylic acids is 2. The van der Waals surface area contributed by atoms with Crippen molar-refractivity contribution >= 4 is 45.8 Å². The minimum atomic E-state index is -0.553. The van der Waals surface area contributed by atoms with Gasteiger partial charge in [0.05, 0.1) is 23.6 Å². The topological polar surface area (TPSA) is 71.3 Å². The summed E-state index contributed by atoms with van der Waals surface area (Å²) in [6.45, 7) is 7.68. The molecule has 7 heteroatoms. The fourth-order valence-corrected chi connectivity index (χ4v) is 3.79. The molecule has 2 heterocycles. The molecule has 0 saturated carbocycles. The lowest BCUT2D eigenvalue weighted by Crippen LogP contribution is -2.27. The molecule has 0 N–H and O–H groups in total. The number of nitrogens with zero attached hydrogens (tertiary/aromatic N) is 3. The second-order valence-electron chi connectivity index (χ2n) is 6.17. The molecule has 6 nitrogen and oxygen atoms in total. The standard InChI is InChI=1S/C20H21N3O3S/c1-5-26-20(25)17-12(2)14(4)27-18(17)21-11-16-13(3)22-23(19(16)24)15-9-7-6-8-10-15/h6-11,16H,5H2,1-4H3. The van der Waals surface area contributed by atoms with Crippen molar-refractivity contribution in [3.05, 3.63) is 46.3 Å². The van der Waals surface area contributed by atoms with Gasteiger partial charge in [-0.3, -0.25) is 4.79 Å². The second kappa shape index (κ2) is 7.84. The Labute approximate surface area is 162 Å². The molecular weight excluding hydrogens is 362 g/mol. The van der Waals surface area contributed by atoms with E-state index in [1.54, 1.807) is 20.1 Å². The average Bonchev–Trinajstić information content (AvgIpc) is 3.10. The molecule has 1 aliphatic rings. The first-order valence-electron chi connectivity index (χ1n) is 8.69. The molecule has 0 bridgehead atoms. The van der Waals surface area contributed by atoms with Crippen molar-refractivity contribution in [2.45, 2.75) is 27.7 Å². The van der Waals surface area contributed by atoms with Gasteiger partial charge in [-0.05, 0) is 45.4 Å². The molecule has 1 atom stereocenters. The lowest BCUT2D eigenvalue weighted by molar-refractivity contribution is -0.118. The van der Waals surface area contributed by atoms with Crippen molar-refractivity contribution in [1.29, 1.82) is 0 Å². The Morgan fingerprint density at radius 2 is 2.00 bits per heavy atom. The highest BCUT2D eigenvalue weighted by atomic mass is 32.1. The SMILES string of the molecule is CCOC(=O)c1c(N=CC2C(=O)N(c3ccccc3)N=C2C)sc(C)c1C. The summed E-state index contributed by atoms with van der Waals surface area (Å²) in [5.41, 5.74) is 2.71. The number of para-hydroxylation sites is 1. The Kier molecular flexibility index (Phi) is 5.51. The Hall–Kier alpha value is -2.80. The fraction of sp³-hybridized carbons (Fsp3) is 0.300. The number of hydrazone groups is 1. The normalized spacial score (nSPS) is 16.9. The van der Waals surface area contributed by atoms with Crippen LogP contribution in [0.4, 0.5) is 10.7 Å². The third-order valence-corrected chi connectivity index (χ3v) is 5.49. The van der Waals surface area contributed by atoms with Crippen LogP contribution in [-0.2, 0) is 9.53 Å². The first-order valence-corrected chi connectivity index (χ1v) is 9.51. The predicted octanol–water partition coefficient (Wildman–Crippen LogP) is 4.28. The summed E-state index contributed by atoms with van der Waals surface area (Å²) in [5, 5.41) is 6.31. The van der Waals surface area contributed by atoms with Gasteiger partial charge in [-0.1, -0.05) is 18.2 Å². The Bertz CT molecular complexity index is 931. The fourth-order valence-electron chi connectivity index (χ4n) is 2.79. The monoisotopic (exact) mass is 383 g/mol. The van der Waals surface area contributed by atoms with E-state index < -0.39 is 5.92 Å². The maximum Gasteiger partial charge on any atom is 0.341 e. The van der Waals surface area contributed by atoms with E-state index in [-0.39, 0.29) is 11.9 Å². The first-order chi connectivity index (χ1) is 12.9. The molecule has 2 aromatic rings. The largest absolute Gasteiger partial charge is 0.462 e. The molecule has 1 aromatic heterocycles. The highest BCUT2D eigenvalue weighted by Crippen LogP contribution is 2.35. The number of ether oxygens (including phenoxy) is 1. The number of hydrogen-bond donors (Lipinski definition) is 0. The molecule has 1 aromatic carbocycles. The lowest BCUT2D eigenvalue weighted by Gasteiger charge is -2.12. The van der Waals surface area contributed by atoms with E-state index in [2.05, 4.69) is 10.1 Å².